The lowest BCUT2D eigenvalue weighted by molar-refractivity contribution is -0.134. The Balaban J connectivity index is 2.51. The third kappa shape index (κ3) is 2.85. The van der Waals surface area contributed by atoms with Crippen LogP contribution in [-0.2, 0) is 4.79 Å². The van der Waals surface area contributed by atoms with Crippen molar-refractivity contribution in [2.75, 3.05) is 13.1 Å². The second-order valence-corrected chi connectivity index (χ2v) is 4.91. The number of halogens is 1. The fourth-order valence-electron chi connectivity index (χ4n) is 1.62. The maximum absolute atomic E-state index is 11.8. The minimum absolute atomic E-state index is 0.0466. The summed E-state index contributed by atoms with van der Waals surface area (Å²) < 4.78 is 0. The van der Waals surface area contributed by atoms with Gasteiger partial charge in [-0.1, -0.05) is 13.8 Å². The molecule has 2 unspecified atom stereocenters. The topological polar surface area (TPSA) is 46.3 Å². The van der Waals surface area contributed by atoms with Gasteiger partial charge >= 0.3 is 0 Å². The molecule has 3 nitrogen and oxygen atoms in total. The number of carbonyl (C=O) groups excluding carboxylic acids is 1. The molecular weight excluding hydrogens is 200 g/mol. The molecule has 0 aliphatic carbocycles. The average molecular weight is 219 g/mol. The van der Waals surface area contributed by atoms with Gasteiger partial charge in [0.25, 0.3) is 0 Å². The van der Waals surface area contributed by atoms with E-state index < -0.39 is 0 Å². The SMILES string of the molecule is CC(C)C(N)C(=O)N1CCCC(Cl)C1. The summed E-state index contributed by atoms with van der Waals surface area (Å²) in [5.74, 6) is 0.239. The summed E-state index contributed by atoms with van der Waals surface area (Å²) in [4.78, 5) is 13.6. The van der Waals surface area contributed by atoms with E-state index in [1.807, 2.05) is 13.8 Å². The van der Waals surface area contributed by atoms with Gasteiger partial charge in [0.05, 0.1) is 11.4 Å². The number of piperidine rings is 1. The molecular formula is C10H19ClN2O. The van der Waals surface area contributed by atoms with Crippen LogP contribution < -0.4 is 5.73 Å². The highest BCUT2D eigenvalue weighted by Crippen LogP contribution is 2.16. The van der Waals surface area contributed by atoms with E-state index in [1.54, 1.807) is 4.90 Å². The van der Waals surface area contributed by atoms with Crippen molar-refractivity contribution in [3.8, 4) is 0 Å². The number of nitrogens with two attached hydrogens (primary N) is 1. The van der Waals surface area contributed by atoms with Crippen molar-refractivity contribution in [3.63, 3.8) is 0 Å². The van der Waals surface area contributed by atoms with E-state index in [0.717, 1.165) is 19.4 Å². The van der Waals surface area contributed by atoms with Crippen molar-refractivity contribution >= 4 is 17.5 Å². The van der Waals surface area contributed by atoms with Crippen molar-refractivity contribution in [2.24, 2.45) is 11.7 Å². The van der Waals surface area contributed by atoms with Crippen LogP contribution >= 0.6 is 11.6 Å². The molecule has 1 rings (SSSR count). The monoisotopic (exact) mass is 218 g/mol. The normalized spacial score (nSPS) is 25.2. The van der Waals surface area contributed by atoms with E-state index in [0.29, 0.717) is 6.54 Å². The van der Waals surface area contributed by atoms with Gasteiger partial charge in [0.1, 0.15) is 0 Å². The third-order valence-corrected chi connectivity index (χ3v) is 3.04. The fourth-order valence-corrected chi connectivity index (χ4v) is 1.94. The molecule has 1 aliphatic heterocycles. The van der Waals surface area contributed by atoms with Gasteiger partial charge in [0.2, 0.25) is 5.91 Å². The average Bonchev–Trinajstić information content (AvgIpc) is 2.15. The molecule has 0 aromatic carbocycles. The second kappa shape index (κ2) is 4.99. The van der Waals surface area contributed by atoms with Gasteiger partial charge in [-0.2, -0.15) is 0 Å². The van der Waals surface area contributed by atoms with Crippen LogP contribution in [0.25, 0.3) is 0 Å². The summed E-state index contributed by atoms with van der Waals surface area (Å²) >= 11 is 6.01. The Morgan fingerprint density at radius 1 is 1.57 bits per heavy atom. The lowest BCUT2D eigenvalue weighted by Crippen LogP contribution is -2.50. The number of carbonyl (C=O) groups is 1. The van der Waals surface area contributed by atoms with Gasteiger partial charge < -0.3 is 10.6 Å². The predicted molar refractivity (Wildman–Crippen MR) is 58.3 cm³/mol. The molecule has 0 radical (unpaired) electrons. The molecule has 2 atom stereocenters. The lowest BCUT2D eigenvalue weighted by atomic mass is 10.0. The largest absolute Gasteiger partial charge is 0.340 e. The van der Waals surface area contributed by atoms with Crippen molar-refractivity contribution in [1.29, 1.82) is 0 Å². The standard InChI is InChI=1S/C10H19ClN2O/c1-7(2)9(12)10(14)13-5-3-4-8(11)6-13/h7-9H,3-6,12H2,1-2H3. The van der Waals surface area contributed by atoms with Crippen LogP contribution in [0.3, 0.4) is 0 Å². The van der Waals surface area contributed by atoms with E-state index in [4.69, 9.17) is 17.3 Å². The van der Waals surface area contributed by atoms with Gasteiger partial charge in [-0.25, -0.2) is 0 Å². The highest BCUT2D eigenvalue weighted by molar-refractivity contribution is 6.20. The van der Waals surface area contributed by atoms with Gasteiger partial charge in [-0.15, -0.1) is 11.6 Å². The summed E-state index contributed by atoms with van der Waals surface area (Å²) in [7, 11) is 0. The molecule has 82 valence electrons. The molecule has 0 aromatic heterocycles. The Labute approximate surface area is 90.6 Å². The Morgan fingerprint density at radius 2 is 2.21 bits per heavy atom. The number of nitrogens with zero attached hydrogens (tertiary/aromatic N) is 1. The van der Waals surface area contributed by atoms with Crippen LogP contribution in [-0.4, -0.2) is 35.3 Å². The van der Waals surface area contributed by atoms with Crippen molar-refractivity contribution in [1.82, 2.24) is 4.90 Å². The minimum Gasteiger partial charge on any atom is -0.340 e. The van der Waals surface area contributed by atoms with Gasteiger partial charge in [0, 0.05) is 13.1 Å². The van der Waals surface area contributed by atoms with Crippen molar-refractivity contribution < 1.29 is 4.79 Å². The van der Waals surface area contributed by atoms with Crippen LogP contribution in [0.1, 0.15) is 26.7 Å². The number of amides is 1. The molecule has 1 heterocycles. The Morgan fingerprint density at radius 3 is 2.71 bits per heavy atom. The summed E-state index contributed by atoms with van der Waals surface area (Å²) in [6.07, 6.45) is 1.99. The number of likely N-dealkylation sites (tertiary alicyclic amines) is 1. The Bertz CT molecular complexity index is 208. The smallest absolute Gasteiger partial charge is 0.239 e. The van der Waals surface area contributed by atoms with E-state index >= 15 is 0 Å². The molecule has 1 amide bonds. The van der Waals surface area contributed by atoms with Crippen LogP contribution in [0.5, 0.6) is 0 Å². The summed E-state index contributed by atoms with van der Waals surface area (Å²) in [6, 6.07) is -0.378. The number of hydrogen-bond acceptors (Lipinski definition) is 2. The first-order valence-electron chi connectivity index (χ1n) is 5.20. The minimum atomic E-state index is -0.378. The van der Waals surface area contributed by atoms with E-state index in [2.05, 4.69) is 0 Å². The Kier molecular flexibility index (Phi) is 4.20. The molecule has 1 saturated heterocycles. The molecule has 0 spiro atoms. The highest BCUT2D eigenvalue weighted by atomic mass is 35.5. The van der Waals surface area contributed by atoms with Crippen molar-refractivity contribution in [3.05, 3.63) is 0 Å². The molecule has 0 aromatic rings. The summed E-state index contributed by atoms with van der Waals surface area (Å²) in [6.45, 7) is 5.39. The molecule has 1 fully saturated rings. The fraction of sp³-hybridized carbons (Fsp3) is 0.900. The van der Waals surface area contributed by atoms with E-state index in [1.165, 1.54) is 0 Å². The lowest BCUT2D eigenvalue weighted by Gasteiger charge is -2.32. The molecule has 0 bridgehead atoms. The number of alkyl halides is 1. The molecule has 0 saturated carbocycles. The van der Waals surface area contributed by atoms with Crippen LogP contribution in [0.2, 0.25) is 0 Å². The van der Waals surface area contributed by atoms with Crippen LogP contribution in [0.15, 0.2) is 0 Å². The maximum Gasteiger partial charge on any atom is 0.239 e. The van der Waals surface area contributed by atoms with Gasteiger partial charge in [-0.05, 0) is 18.8 Å². The molecule has 1 aliphatic rings. The van der Waals surface area contributed by atoms with Crippen LogP contribution in [0.4, 0.5) is 0 Å². The zero-order valence-electron chi connectivity index (χ0n) is 8.87. The second-order valence-electron chi connectivity index (χ2n) is 4.29. The molecule has 4 heteroatoms. The number of hydrogen-bond donors (Lipinski definition) is 1. The highest BCUT2D eigenvalue weighted by Gasteiger charge is 2.27. The quantitative estimate of drug-likeness (QED) is 0.708. The van der Waals surface area contributed by atoms with Gasteiger partial charge in [-0.3, -0.25) is 4.79 Å². The van der Waals surface area contributed by atoms with E-state index in [9.17, 15) is 4.79 Å². The maximum atomic E-state index is 11.8. The van der Waals surface area contributed by atoms with Crippen molar-refractivity contribution in [2.45, 2.75) is 38.1 Å². The van der Waals surface area contributed by atoms with E-state index in [-0.39, 0.29) is 23.2 Å². The third-order valence-electron chi connectivity index (χ3n) is 2.68. The first-order chi connectivity index (χ1) is 6.52. The molecule has 2 N–H and O–H groups in total. The first-order valence-corrected chi connectivity index (χ1v) is 5.64. The van der Waals surface area contributed by atoms with Crippen LogP contribution in [0, 0.1) is 5.92 Å². The van der Waals surface area contributed by atoms with Gasteiger partial charge in [0.15, 0.2) is 0 Å². The summed E-state index contributed by atoms with van der Waals surface area (Å²) in [5, 5.41) is 0.104. The summed E-state index contributed by atoms with van der Waals surface area (Å²) in [5.41, 5.74) is 5.80. The zero-order chi connectivity index (χ0) is 10.7. The first kappa shape index (κ1) is 11.8. The zero-order valence-corrected chi connectivity index (χ0v) is 9.63. The molecule has 14 heavy (non-hydrogen) atoms. The number of rotatable bonds is 2. The Hall–Kier alpha value is -0.280. The predicted octanol–water partition coefficient (Wildman–Crippen LogP) is 1.20.